The van der Waals surface area contributed by atoms with Crippen molar-refractivity contribution in [1.82, 2.24) is 5.32 Å². The predicted octanol–water partition coefficient (Wildman–Crippen LogP) is 3.84. The van der Waals surface area contributed by atoms with E-state index in [0.29, 0.717) is 12.0 Å². The van der Waals surface area contributed by atoms with E-state index in [4.69, 9.17) is 9.84 Å². The highest BCUT2D eigenvalue weighted by Crippen LogP contribution is 2.25. The molecule has 2 N–H and O–H groups in total. The quantitative estimate of drug-likeness (QED) is 0.764. The topological polar surface area (TPSA) is 58.6 Å². The van der Waals surface area contributed by atoms with Crippen molar-refractivity contribution in [2.45, 2.75) is 58.5 Å². The Morgan fingerprint density at radius 1 is 1.26 bits per heavy atom. The molecule has 4 nitrogen and oxygen atoms in total. The molecule has 0 atom stereocenters. The van der Waals surface area contributed by atoms with Gasteiger partial charge in [0.25, 0.3) is 0 Å². The molecular weight excluding hydrogens is 290 g/mol. The van der Waals surface area contributed by atoms with E-state index in [-0.39, 0.29) is 5.92 Å². The summed E-state index contributed by atoms with van der Waals surface area (Å²) in [7, 11) is 0. The van der Waals surface area contributed by atoms with Gasteiger partial charge >= 0.3 is 5.97 Å². The van der Waals surface area contributed by atoms with Gasteiger partial charge in [0, 0.05) is 18.2 Å². The Morgan fingerprint density at radius 2 is 1.96 bits per heavy atom. The fourth-order valence-corrected chi connectivity index (χ4v) is 2.99. The molecule has 1 aromatic rings. The molecule has 1 fully saturated rings. The van der Waals surface area contributed by atoms with Crippen LogP contribution in [0.2, 0.25) is 0 Å². The van der Waals surface area contributed by atoms with Crippen molar-refractivity contribution in [3.8, 4) is 5.75 Å². The van der Waals surface area contributed by atoms with Crippen LogP contribution in [0, 0.1) is 11.8 Å². The van der Waals surface area contributed by atoms with Crippen LogP contribution in [-0.2, 0) is 11.3 Å². The highest BCUT2D eigenvalue weighted by Gasteiger charge is 2.25. The zero-order valence-electron chi connectivity index (χ0n) is 14.3. The highest BCUT2D eigenvalue weighted by molar-refractivity contribution is 5.70. The highest BCUT2D eigenvalue weighted by atomic mass is 16.5. The van der Waals surface area contributed by atoms with Gasteiger partial charge in [-0.15, -0.1) is 0 Å². The molecule has 0 saturated heterocycles. The number of benzene rings is 1. The molecule has 0 radical (unpaired) electrons. The summed E-state index contributed by atoms with van der Waals surface area (Å²) in [5.74, 6) is 0.802. The largest absolute Gasteiger partial charge is 0.493 e. The molecule has 1 aliphatic rings. The van der Waals surface area contributed by atoms with Crippen LogP contribution in [0.5, 0.6) is 5.75 Å². The molecule has 0 aliphatic heterocycles. The Balaban J connectivity index is 1.80. The number of carboxylic acids is 1. The second kappa shape index (κ2) is 8.92. The Bertz CT molecular complexity index is 493. The average Bonchev–Trinajstić information content (AvgIpc) is 2.54. The lowest BCUT2D eigenvalue weighted by molar-refractivity contribution is -0.142. The van der Waals surface area contributed by atoms with Crippen LogP contribution in [0.15, 0.2) is 24.3 Å². The average molecular weight is 319 g/mol. The summed E-state index contributed by atoms with van der Waals surface area (Å²) in [4.78, 5) is 11.0. The van der Waals surface area contributed by atoms with Gasteiger partial charge in [0.15, 0.2) is 0 Å². The second-order valence-corrected chi connectivity index (χ2v) is 6.91. The standard InChI is InChI=1S/C19H29NO3/c1-14(2)11-12-23-18-6-4-3-5-16(18)13-20-17-9-7-15(8-10-17)19(21)22/h3-6,14-15,17,20H,7-13H2,1-2H3,(H,21,22). The molecule has 4 heteroatoms. The van der Waals surface area contributed by atoms with Gasteiger partial charge in [0.2, 0.25) is 0 Å². The Morgan fingerprint density at radius 3 is 2.61 bits per heavy atom. The lowest BCUT2D eigenvalue weighted by atomic mass is 9.86. The monoisotopic (exact) mass is 319 g/mol. The summed E-state index contributed by atoms with van der Waals surface area (Å²) in [5.41, 5.74) is 1.18. The van der Waals surface area contributed by atoms with Crippen LogP contribution >= 0.6 is 0 Å². The van der Waals surface area contributed by atoms with E-state index in [9.17, 15) is 4.79 Å². The number of aliphatic carboxylic acids is 1. The molecular formula is C19H29NO3. The fraction of sp³-hybridized carbons (Fsp3) is 0.632. The van der Waals surface area contributed by atoms with Crippen LogP contribution in [0.3, 0.4) is 0 Å². The van der Waals surface area contributed by atoms with E-state index in [0.717, 1.165) is 51.0 Å². The van der Waals surface area contributed by atoms with Crippen molar-refractivity contribution in [3.63, 3.8) is 0 Å². The number of hydrogen-bond acceptors (Lipinski definition) is 3. The van der Waals surface area contributed by atoms with Gasteiger partial charge in [-0.25, -0.2) is 0 Å². The van der Waals surface area contributed by atoms with E-state index in [1.165, 1.54) is 5.56 Å². The molecule has 2 rings (SSSR count). The van der Waals surface area contributed by atoms with Crippen molar-refractivity contribution < 1.29 is 14.6 Å². The molecule has 0 unspecified atom stereocenters. The molecule has 0 aromatic heterocycles. The first-order chi connectivity index (χ1) is 11.1. The van der Waals surface area contributed by atoms with E-state index in [2.05, 4.69) is 25.2 Å². The first-order valence-corrected chi connectivity index (χ1v) is 8.73. The summed E-state index contributed by atoms with van der Waals surface area (Å²) < 4.78 is 5.92. The van der Waals surface area contributed by atoms with Gasteiger partial charge in [-0.3, -0.25) is 4.79 Å². The third-order valence-corrected chi connectivity index (χ3v) is 4.58. The number of carbonyl (C=O) groups is 1. The zero-order chi connectivity index (χ0) is 16.7. The van der Waals surface area contributed by atoms with E-state index in [1.54, 1.807) is 0 Å². The van der Waals surface area contributed by atoms with Gasteiger partial charge in [-0.05, 0) is 44.1 Å². The lowest BCUT2D eigenvalue weighted by Crippen LogP contribution is -2.34. The van der Waals surface area contributed by atoms with E-state index < -0.39 is 5.97 Å². The Hall–Kier alpha value is -1.55. The molecule has 1 aliphatic carbocycles. The number of rotatable bonds is 8. The molecule has 1 aromatic carbocycles. The van der Waals surface area contributed by atoms with Crippen molar-refractivity contribution in [2.24, 2.45) is 11.8 Å². The molecule has 128 valence electrons. The van der Waals surface area contributed by atoms with Crippen LogP contribution in [-0.4, -0.2) is 23.7 Å². The van der Waals surface area contributed by atoms with Gasteiger partial charge in [0.05, 0.1) is 12.5 Å². The van der Waals surface area contributed by atoms with Gasteiger partial charge < -0.3 is 15.2 Å². The van der Waals surface area contributed by atoms with Crippen LogP contribution < -0.4 is 10.1 Å². The number of carboxylic acid groups (broad SMARTS) is 1. The maximum absolute atomic E-state index is 11.0. The number of para-hydroxylation sites is 1. The summed E-state index contributed by atoms with van der Waals surface area (Å²) in [6.07, 6.45) is 4.49. The minimum Gasteiger partial charge on any atom is -0.493 e. The zero-order valence-corrected chi connectivity index (χ0v) is 14.3. The molecule has 23 heavy (non-hydrogen) atoms. The minimum absolute atomic E-state index is 0.153. The van der Waals surface area contributed by atoms with Crippen LogP contribution in [0.25, 0.3) is 0 Å². The number of nitrogens with one attached hydrogen (secondary N) is 1. The maximum Gasteiger partial charge on any atom is 0.306 e. The summed E-state index contributed by atoms with van der Waals surface area (Å²) >= 11 is 0. The lowest BCUT2D eigenvalue weighted by Gasteiger charge is -2.27. The molecule has 1 saturated carbocycles. The SMILES string of the molecule is CC(C)CCOc1ccccc1CNC1CCC(C(=O)O)CC1. The minimum atomic E-state index is -0.646. The molecule has 0 bridgehead atoms. The Labute approximate surface area is 139 Å². The van der Waals surface area contributed by atoms with Gasteiger partial charge in [-0.2, -0.15) is 0 Å². The molecule has 0 spiro atoms. The fourth-order valence-electron chi connectivity index (χ4n) is 2.99. The molecule has 0 amide bonds. The van der Waals surface area contributed by atoms with Crippen molar-refractivity contribution in [2.75, 3.05) is 6.61 Å². The van der Waals surface area contributed by atoms with Crippen molar-refractivity contribution in [1.29, 1.82) is 0 Å². The summed E-state index contributed by atoms with van der Waals surface area (Å²) in [6, 6.07) is 8.58. The van der Waals surface area contributed by atoms with E-state index in [1.807, 2.05) is 18.2 Å². The van der Waals surface area contributed by atoms with E-state index >= 15 is 0 Å². The maximum atomic E-state index is 11.0. The smallest absolute Gasteiger partial charge is 0.306 e. The predicted molar refractivity (Wildman–Crippen MR) is 91.6 cm³/mol. The third kappa shape index (κ3) is 5.87. The first-order valence-electron chi connectivity index (χ1n) is 8.73. The number of hydrogen-bond donors (Lipinski definition) is 2. The van der Waals surface area contributed by atoms with Gasteiger partial charge in [0.1, 0.15) is 5.75 Å². The van der Waals surface area contributed by atoms with Gasteiger partial charge in [-0.1, -0.05) is 32.0 Å². The normalized spacial score (nSPS) is 21.3. The summed E-state index contributed by atoms with van der Waals surface area (Å²) in [5, 5.41) is 12.6. The van der Waals surface area contributed by atoms with Crippen molar-refractivity contribution >= 4 is 5.97 Å². The Kier molecular flexibility index (Phi) is 6.90. The van der Waals surface area contributed by atoms with Crippen LogP contribution in [0.1, 0.15) is 51.5 Å². The number of ether oxygens (including phenoxy) is 1. The van der Waals surface area contributed by atoms with Crippen molar-refractivity contribution in [3.05, 3.63) is 29.8 Å². The third-order valence-electron chi connectivity index (χ3n) is 4.58. The first kappa shape index (κ1) is 17.8. The molecule has 0 heterocycles. The summed E-state index contributed by atoms with van der Waals surface area (Å²) in [6.45, 7) is 5.92. The van der Waals surface area contributed by atoms with Crippen LogP contribution in [0.4, 0.5) is 0 Å². The second-order valence-electron chi connectivity index (χ2n) is 6.91.